The molecule has 1 aliphatic heterocycles. The van der Waals surface area contributed by atoms with Gasteiger partial charge in [-0.2, -0.15) is 10.2 Å². The first-order chi connectivity index (χ1) is 14.1. The molecule has 0 unspecified atom stereocenters. The highest BCUT2D eigenvalue weighted by atomic mass is 79.9. The summed E-state index contributed by atoms with van der Waals surface area (Å²) < 4.78 is 13.0. The molecule has 0 amide bonds. The number of fused-ring (bicyclic) bond motifs is 2. The van der Waals surface area contributed by atoms with Crippen molar-refractivity contribution in [2.24, 2.45) is 0 Å². The van der Waals surface area contributed by atoms with E-state index in [0.717, 1.165) is 43.4 Å². The van der Waals surface area contributed by atoms with E-state index in [1.54, 1.807) is 12.4 Å². The maximum absolute atomic E-state index is 6.02. The van der Waals surface area contributed by atoms with Crippen LogP contribution in [0.1, 0.15) is 39.1 Å². The van der Waals surface area contributed by atoms with Crippen molar-refractivity contribution < 1.29 is 9.31 Å². The molecule has 2 N–H and O–H groups in total. The van der Waals surface area contributed by atoms with Crippen molar-refractivity contribution in [2.75, 3.05) is 0 Å². The van der Waals surface area contributed by atoms with E-state index in [-0.39, 0.29) is 18.3 Å². The number of halogens is 1. The summed E-state index contributed by atoms with van der Waals surface area (Å²) in [4.78, 5) is 8.45. The maximum atomic E-state index is 6.02. The summed E-state index contributed by atoms with van der Waals surface area (Å²) >= 11 is 3.35. The highest BCUT2D eigenvalue weighted by molar-refractivity contribution is 9.10. The molecule has 4 aromatic heterocycles. The smallest absolute Gasteiger partial charge is 0.399 e. The van der Waals surface area contributed by atoms with Crippen LogP contribution in [-0.2, 0) is 9.31 Å². The summed E-state index contributed by atoms with van der Waals surface area (Å²) in [7, 11) is -0.379. The van der Waals surface area contributed by atoms with Crippen LogP contribution in [-0.4, -0.2) is 48.7 Å². The summed E-state index contributed by atoms with van der Waals surface area (Å²) in [6.07, 6.45) is 3.51. The van der Waals surface area contributed by atoms with E-state index in [9.17, 15) is 0 Å². The van der Waals surface area contributed by atoms with E-state index in [0.29, 0.717) is 0 Å². The number of aryl methyl sites for hydroxylation is 2. The lowest BCUT2D eigenvalue weighted by molar-refractivity contribution is 0.00578. The second kappa shape index (κ2) is 7.44. The van der Waals surface area contributed by atoms with Gasteiger partial charge in [0.2, 0.25) is 0 Å². The van der Waals surface area contributed by atoms with Gasteiger partial charge in [-0.1, -0.05) is 0 Å². The van der Waals surface area contributed by atoms with Crippen LogP contribution in [0.25, 0.3) is 22.1 Å². The Morgan fingerprint density at radius 2 is 1.33 bits per heavy atom. The van der Waals surface area contributed by atoms with Crippen LogP contribution < -0.4 is 5.46 Å². The highest BCUT2D eigenvalue weighted by Crippen LogP contribution is 2.36. The van der Waals surface area contributed by atoms with E-state index in [4.69, 9.17) is 9.31 Å². The van der Waals surface area contributed by atoms with Crippen LogP contribution in [0.4, 0.5) is 0 Å². The number of nitrogens with one attached hydrogen (secondary N) is 2. The molecule has 5 heterocycles. The third-order valence-corrected chi connectivity index (χ3v) is 6.15. The van der Waals surface area contributed by atoms with Gasteiger partial charge in [0.1, 0.15) is 0 Å². The first kappa shape index (κ1) is 21.0. The van der Waals surface area contributed by atoms with E-state index in [1.165, 1.54) is 0 Å². The molecule has 156 valence electrons. The molecule has 0 atom stereocenters. The third kappa shape index (κ3) is 3.75. The van der Waals surface area contributed by atoms with Crippen LogP contribution >= 0.6 is 15.9 Å². The summed E-state index contributed by atoms with van der Waals surface area (Å²) in [5.74, 6) is 0. The molecule has 30 heavy (non-hydrogen) atoms. The van der Waals surface area contributed by atoms with Crippen molar-refractivity contribution in [3.05, 3.63) is 40.4 Å². The van der Waals surface area contributed by atoms with Crippen LogP contribution in [0.3, 0.4) is 0 Å². The molecule has 0 bridgehead atoms. The van der Waals surface area contributed by atoms with Crippen molar-refractivity contribution in [3.8, 4) is 0 Å². The van der Waals surface area contributed by atoms with Crippen molar-refractivity contribution >= 4 is 50.6 Å². The number of pyridine rings is 2. The average molecular weight is 471 g/mol. The largest absolute Gasteiger partial charge is 0.496 e. The van der Waals surface area contributed by atoms with Gasteiger partial charge in [-0.25, -0.2) is 9.97 Å². The van der Waals surface area contributed by atoms with E-state index < -0.39 is 0 Å². The SMILES string of the molecule is Cc1[nH]nc2ncc(B3OC(C)(C)C(C)(C)O3)cc12.Cc1[nH]nc2ncc(Br)cc12. The van der Waals surface area contributed by atoms with E-state index in [1.807, 2.05) is 53.7 Å². The fourth-order valence-corrected chi connectivity index (χ4v) is 3.47. The minimum absolute atomic E-state index is 0.335. The van der Waals surface area contributed by atoms with E-state index >= 15 is 0 Å². The summed E-state index contributed by atoms with van der Waals surface area (Å²) in [5, 5.41) is 16.0. The molecule has 1 aliphatic rings. The fraction of sp³-hybridized carbons (Fsp3) is 0.400. The second-order valence-corrected chi connectivity index (χ2v) is 9.37. The zero-order valence-electron chi connectivity index (χ0n) is 17.9. The molecular weight excluding hydrogens is 447 g/mol. The third-order valence-electron chi connectivity index (χ3n) is 5.71. The second-order valence-electron chi connectivity index (χ2n) is 8.45. The number of rotatable bonds is 1. The lowest BCUT2D eigenvalue weighted by atomic mass is 9.80. The molecule has 5 rings (SSSR count). The summed E-state index contributed by atoms with van der Waals surface area (Å²) in [6.45, 7) is 12.1. The Morgan fingerprint density at radius 1 is 0.833 bits per heavy atom. The topological polar surface area (TPSA) is 102 Å². The van der Waals surface area contributed by atoms with Gasteiger partial charge in [0.05, 0.1) is 11.2 Å². The number of aromatic amines is 2. The zero-order valence-corrected chi connectivity index (χ0v) is 19.5. The predicted molar refractivity (Wildman–Crippen MR) is 121 cm³/mol. The number of hydrogen-bond donors (Lipinski definition) is 2. The van der Waals surface area contributed by atoms with Gasteiger partial charge in [0.25, 0.3) is 0 Å². The van der Waals surface area contributed by atoms with Gasteiger partial charge in [-0.05, 0) is 69.6 Å². The maximum Gasteiger partial charge on any atom is 0.496 e. The molecule has 10 heteroatoms. The molecule has 1 fully saturated rings. The predicted octanol–water partition coefficient (Wildman–Crippen LogP) is 3.59. The van der Waals surface area contributed by atoms with Crippen molar-refractivity contribution in [3.63, 3.8) is 0 Å². The molecule has 8 nitrogen and oxygen atoms in total. The number of nitrogens with zero attached hydrogens (tertiary/aromatic N) is 4. The lowest BCUT2D eigenvalue weighted by Crippen LogP contribution is -2.41. The van der Waals surface area contributed by atoms with Crippen LogP contribution in [0.2, 0.25) is 0 Å². The Morgan fingerprint density at radius 3 is 1.90 bits per heavy atom. The molecule has 0 radical (unpaired) electrons. The quantitative estimate of drug-likeness (QED) is 0.412. The first-order valence-electron chi connectivity index (χ1n) is 9.70. The fourth-order valence-electron chi connectivity index (χ4n) is 3.14. The number of H-pyrrole nitrogens is 2. The van der Waals surface area contributed by atoms with Gasteiger partial charge in [0.15, 0.2) is 11.3 Å². The van der Waals surface area contributed by atoms with Gasteiger partial charge in [-0.15, -0.1) is 0 Å². The summed E-state index contributed by atoms with van der Waals surface area (Å²) in [6, 6.07) is 4.03. The lowest BCUT2D eigenvalue weighted by Gasteiger charge is -2.32. The normalized spacial score (nSPS) is 17.4. The van der Waals surface area contributed by atoms with Crippen molar-refractivity contribution in [1.82, 2.24) is 30.4 Å². The Hall–Kier alpha value is -2.30. The van der Waals surface area contributed by atoms with E-state index in [2.05, 4.69) is 46.3 Å². The van der Waals surface area contributed by atoms with Gasteiger partial charge >= 0.3 is 7.12 Å². The van der Waals surface area contributed by atoms with Crippen LogP contribution in [0.15, 0.2) is 29.0 Å². The zero-order chi connectivity index (χ0) is 21.7. The molecule has 0 saturated carbocycles. The Labute approximate surface area is 183 Å². The van der Waals surface area contributed by atoms with Gasteiger partial charge in [0, 0.05) is 44.5 Å². The van der Waals surface area contributed by atoms with Gasteiger partial charge in [-0.3, -0.25) is 10.2 Å². The van der Waals surface area contributed by atoms with Crippen molar-refractivity contribution in [2.45, 2.75) is 52.7 Å². The molecule has 0 aromatic carbocycles. The number of aromatic nitrogens is 6. The average Bonchev–Trinajstić information content (AvgIpc) is 3.30. The van der Waals surface area contributed by atoms with Crippen molar-refractivity contribution in [1.29, 1.82) is 0 Å². The molecule has 0 aliphatic carbocycles. The highest BCUT2D eigenvalue weighted by Gasteiger charge is 2.51. The van der Waals surface area contributed by atoms with Crippen LogP contribution in [0, 0.1) is 13.8 Å². The Kier molecular flexibility index (Phi) is 5.20. The minimum Gasteiger partial charge on any atom is -0.399 e. The number of hydrogen-bond acceptors (Lipinski definition) is 6. The molecule has 4 aromatic rings. The summed E-state index contributed by atoms with van der Waals surface area (Å²) in [5.41, 5.74) is 3.80. The van der Waals surface area contributed by atoms with Crippen LogP contribution in [0.5, 0.6) is 0 Å². The molecule has 0 spiro atoms. The molecule has 1 saturated heterocycles. The minimum atomic E-state index is -0.379. The molecular formula is C20H24BBrN6O2. The Bertz CT molecular complexity index is 1200. The standard InChI is InChI=1S/C13H18BN3O2.C7H6BrN3/c1-8-10-6-9(7-15-11(10)17-16-8)14-18-12(2,3)13(4,5)19-14;1-4-6-2-5(8)3-9-7(6)11-10-4/h6-7H,1-5H3,(H,15,16,17);2-3H,1H3,(H,9,10,11). The first-order valence-corrected chi connectivity index (χ1v) is 10.5. The Balaban J connectivity index is 0.000000168. The monoisotopic (exact) mass is 470 g/mol. The van der Waals surface area contributed by atoms with Gasteiger partial charge < -0.3 is 9.31 Å².